The molecule has 0 amide bonds. The van der Waals surface area contributed by atoms with Gasteiger partial charge in [0, 0.05) is 0 Å². The van der Waals surface area contributed by atoms with Crippen molar-refractivity contribution >= 4 is 25.5 Å². The number of rotatable bonds is 1. The maximum atomic E-state index is 10.8. The Kier molecular flexibility index (Phi) is 47.6. The fraction of sp³-hybridized carbons (Fsp3) is 0.750. The number of thiocarbonyl (C=S) groups is 1. The topological polar surface area (TPSA) is 17.1 Å². The van der Waals surface area contributed by atoms with Crippen LogP contribution in [0.3, 0.4) is 0 Å². The van der Waals surface area contributed by atoms with Crippen molar-refractivity contribution in [1.29, 1.82) is 0 Å². The molecule has 0 unspecified atom stereocenters. The molecular formula is C4H12FOPS. The van der Waals surface area contributed by atoms with E-state index in [1.54, 1.807) is 0 Å². The van der Waals surface area contributed by atoms with Gasteiger partial charge in [-0.05, 0) is 12.2 Å². The Morgan fingerprint density at radius 1 is 1.38 bits per heavy atom. The Balaban J connectivity index is -0.0000000267. The molecule has 0 spiro atoms. The summed E-state index contributed by atoms with van der Waals surface area (Å²) in [4.78, 5) is -0.995. The monoisotopic (exact) mass is 158 g/mol. The van der Waals surface area contributed by atoms with Gasteiger partial charge in [-0.1, -0.05) is 22.3 Å². The SMILES string of the molecule is C.C.C.O=PC(F)=S. The molecule has 0 aliphatic carbocycles. The second-order valence-corrected chi connectivity index (χ2v) is 1.58. The van der Waals surface area contributed by atoms with Crippen LogP contribution >= 0.6 is 20.7 Å². The quantitative estimate of drug-likeness (QED) is 0.330. The molecule has 0 saturated carbocycles. The highest BCUT2D eigenvalue weighted by atomic mass is 32.1. The third-order valence-electron chi connectivity index (χ3n) is 0.0718. The predicted octanol–water partition coefficient (Wildman–Crippen LogP) is 3.44. The maximum absolute atomic E-state index is 10.8. The van der Waals surface area contributed by atoms with Crippen molar-refractivity contribution in [2.45, 2.75) is 22.3 Å². The Morgan fingerprint density at radius 2 is 1.50 bits per heavy atom. The molecule has 0 fully saturated rings. The van der Waals surface area contributed by atoms with E-state index < -0.39 is 13.3 Å². The maximum Gasteiger partial charge on any atom is 0.254 e. The zero-order chi connectivity index (χ0) is 4.28. The van der Waals surface area contributed by atoms with E-state index in [0.29, 0.717) is 0 Å². The van der Waals surface area contributed by atoms with Crippen LogP contribution in [0.1, 0.15) is 22.3 Å². The normalized spacial score (nSPS) is 5.12. The summed E-state index contributed by atoms with van der Waals surface area (Å²) in [6, 6.07) is 0. The number of hydrogen-bond donors (Lipinski definition) is 0. The summed E-state index contributed by atoms with van der Waals surface area (Å²) in [5.74, 6) is 0. The van der Waals surface area contributed by atoms with Crippen molar-refractivity contribution in [3.8, 4) is 0 Å². The van der Waals surface area contributed by atoms with E-state index in [1.807, 2.05) is 0 Å². The van der Waals surface area contributed by atoms with Gasteiger partial charge in [0.2, 0.25) is 8.46 Å². The largest absolute Gasteiger partial charge is 0.266 e. The Hall–Kier alpha value is 0.120. The fourth-order valence-corrected chi connectivity index (χ4v) is 0. The summed E-state index contributed by atoms with van der Waals surface area (Å²) in [5, 5.41) is 0. The molecule has 0 aliphatic heterocycles. The minimum atomic E-state index is -0.995. The second kappa shape index (κ2) is 15.7. The van der Waals surface area contributed by atoms with Gasteiger partial charge in [-0.3, -0.25) is 4.57 Å². The summed E-state index contributed by atoms with van der Waals surface area (Å²) in [5.41, 5.74) is 0. The number of halogens is 1. The first-order valence-electron chi connectivity index (χ1n) is 0.799. The van der Waals surface area contributed by atoms with Crippen LogP contribution in [0.2, 0.25) is 0 Å². The van der Waals surface area contributed by atoms with Crippen LogP contribution in [-0.2, 0) is 4.57 Å². The molecule has 0 saturated heterocycles. The average Bonchev–Trinajstić information content (AvgIpc) is 1.38. The van der Waals surface area contributed by atoms with Crippen molar-refractivity contribution in [3.05, 3.63) is 0 Å². The Labute approximate surface area is 57.5 Å². The third kappa shape index (κ3) is 35.7. The summed E-state index contributed by atoms with van der Waals surface area (Å²) in [6.07, 6.45) is 0. The van der Waals surface area contributed by atoms with Gasteiger partial charge in [-0.2, -0.15) is 4.39 Å². The minimum Gasteiger partial charge on any atom is -0.266 e. The molecule has 0 atom stereocenters. The Bertz CT molecular complexity index is 67.1. The van der Waals surface area contributed by atoms with Gasteiger partial charge in [-0.15, -0.1) is 0 Å². The predicted molar refractivity (Wildman–Crippen MR) is 41.5 cm³/mol. The molecule has 4 heteroatoms. The van der Waals surface area contributed by atoms with Crippen LogP contribution in [0.4, 0.5) is 4.39 Å². The van der Waals surface area contributed by atoms with E-state index in [9.17, 15) is 4.39 Å². The average molecular weight is 158 g/mol. The first-order chi connectivity index (χ1) is 2.27. The molecule has 0 aromatic heterocycles. The van der Waals surface area contributed by atoms with Gasteiger partial charge in [0.05, 0.1) is 0 Å². The third-order valence-corrected chi connectivity index (χ3v) is 0.439. The van der Waals surface area contributed by atoms with E-state index in [0.717, 1.165) is 0 Å². The van der Waals surface area contributed by atoms with Crippen LogP contribution in [0, 0.1) is 0 Å². The molecule has 0 aromatic carbocycles. The molecule has 0 aliphatic rings. The lowest BCUT2D eigenvalue weighted by atomic mass is 11.8. The fourth-order valence-electron chi connectivity index (χ4n) is 0. The minimum absolute atomic E-state index is 0. The molecule has 0 aromatic rings. The van der Waals surface area contributed by atoms with Crippen molar-refractivity contribution in [1.82, 2.24) is 0 Å². The molecule has 1 nitrogen and oxygen atoms in total. The van der Waals surface area contributed by atoms with Gasteiger partial charge >= 0.3 is 0 Å². The first kappa shape index (κ1) is 24.3. The van der Waals surface area contributed by atoms with E-state index in [1.165, 1.54) is 0 Å². The molecule has 0 N–H and O–H groups in total. The van der Waals surface area contributed by atoms with Gasteiger partial charge in [0.15, 0.2) is 0 Å². The summed E-state index contributed by atoms with van der Waals surface area (Å²) in [7, 11) is -0.688. The summed E-state index contributed by atoms with van der Waals surface area (Å²) in [6.45, 7) is 0. The highest BCUT2D eigenvalue weighted by Gasteiger charge is 1.79. The summed E-state index contributed by atoms with van der Waals surface area (Å²) < 4.78 is 19.9. The molecule has 52 valence electrons. The van der Waals surface area contributed by atoms with E-state index in [2.05, 4.69) is 12.2 Å². The highest BCUT2D eigenvalue weighted by Crippen LogP contribution is 1.95. The molecule has 0 bridgehead atoms. The molecule has 0 radical (unpaired) electrons. The van der Waals surface area contributed by atoms with Gasteiger partial charge in [0.1, 0.15) is 0 Å². The smallest absolute Gasteiger partial charge is 0.254 e. The van der Waals surface area contributed by atoms with E-state index in [4.69, 9.17) is 4.57 Å². The van der Waals surface area contributed by atoms with Crippen LogP contribution in [0.15, 0.2) is 0 Å². The standard InChI is InChI=1S/CFOPS.3CH4/c2-1(5)4-3;;;/h;3*1H4. The van der Waals surface area contributed by atoms with Crippen LogP contribution in [0.5, 0.6) is 0 Å². The lowest BCUT2D eigenvalue weighted by molar-refractivity contribution is 0.602. The van der Waals surface area contributed by atoms with Crippen molar-refractivity contribution < 1.29 is 8.96 Å². The van der Waals surface area contributed by atoms with Crippen molar-refractivity contribution in [2.75, 3.05) is 0 Å². The van der Waals surface area contributed by atoms with Gasteiger partial charge in [-0.25, -0.2) is 0 Å². The van der Waals surface area contributed by atoms with E-state index in [-0.39, 0.29) is 22.3 Å². The number of hydrogen-bond acceptors (Lipinski definition) is 2. The molecule has 0 rings (SSSR count). The van der Waals surface area contributed by atoms with Crippen LogP contribution in [0.25, 0.3) is 0 Å². The Morgan fingerprint density at radius 3 is 1.50 bits per heavy atom. The second-order valence-electron chi connectivity index (χ2n) is 0.344. The highest BCUT2D eigenvalue weighted by molar-refractivity contribution is 7.90. The molecule has 8 heavy (non-hydrogen) atoms. The van der Waals surface area contributed by atoms with Gasteiger partial charge in [0.25, 0.3) is 4.86 Å². The van der Waals surface area contributed by atoms with Crippen LogP contribution < -0.4 is 0 Å². The van der Waals surface area contributed by atoms with Gasteiger partial charge < -0.3 is 0 Å². The van der Waals surface area contributed by atoms with Crippen LogP contribution in [-0.4, -0.2) is 4.86 Å². The first-order valence-corrected chi connectivity index (χ1v) is 2.02. The van der Waals surface area contributed by atoms with E-state index >= 15 is 0 Å². The zero-order valence-corrected chi connectivity index (χ0v) is 3.85. The lowest BCUT2D eigenvalue weighted by Crippen LogP contribution is -1.52. The van der Waals surface area contributed by atoms with Crippen molar-refractivity contribution in [2.24, 2.45) is 0 Å². The summed E-state index contributed by atoms with van der Waals surface area (Å²) >= 11 is 3.71. The lowest BCUT2D eigenvalue weighted by Gasteiger charge is -1.54. The molecule has 0 heterocycles. The van der Waals surface area contributed by atoms with Crippen molar-refractivity contribution in [3.63, 3.8) is 0 Å². The molecular weight excluding hydrogens is 146 g/mol. The zero-order valence-electron chi connectivity index (χ0n) is 2.14.